The zero-order chi connectivity index (χ0) is 10.7. The van der Waals surface area contributed by atoms with E-state index in [4.69, 9.17) is 0 Å². The lowest BCUT2D eigenvalue weighted by atomic mass is 9.69. The Morgan fingerprint density at radius 3 is 2.40 bits per heavy atom. The van der Waals surface area contributed by atoms with E-state index in [1.54, 1.807) is 0 Å². The highest BCUT2D eigenvalue weighted by atomic mass is 14.4. The van der Waals surface area contributed by atoms with Crippen LogP contribution in [0.3, 0.4) is 0 Å². The summed E-state index contributed by atoms with van der Waals surface area (Å²) in [7, 11) is 0. The predicted molar refractivity (Wildman–Crippen MR) is 66.8 cm³/mol. The molecule has 0 amide bonds. The van der Waals surface area contributed by atoms with E-state index in [2.05, 4.69) is 19.6 Å². The van der Waals surface area contributed by atoms with Gasteiger partial charge in [0, 0.05) is 0 Å². The smallest absolute Gasteiger partial charge is 0.00926 e. The number of rotatable bonds is 2. The van der Waals surface area contributed by atoms with Gasteiger partial charge in [-0.05, 0) is 49.4 Å². The van der Waals surface area contributed by atoms with Crippen LogP contribution in [0.15, 0.2) is 12.7 Å². The highest BCUT2D eigenvalue weighted by Gasteiger charge is 2.38. The van der Waals surface area contributed by atoms with Crippen molar-refractivity contribution in [1.82, 2.24) is 0 Å². The van der Waals surface area contributed by atoms with Gasteiger partial charge in [-0.1, -0.05) is 38.7 Å². The zero-order valence-corrected chi connectivity index (χ0v) is 10.3. The maximum Gasteiger partial charge on any atom is -0.00926 e. The second-order valence-corrected chi connectivity index (χ2v) is 5.95. The Hall–Kier alpha value is -0.260. The van der Waals surface area contributed by atoms with Crippen LogP contribution < -0.4 is 0 Å². The Bertz CT molecular complexity index is 212. The molecule has 0 heterocycles. The summed E-state index contributed by atoms with van der Waals surface area (Å²) < 4.78 is 0. The molecule has 2 rings (SSSR count). The molecule has 0 aromatic heterocycles. The van der Waals surface area contributed by atoms with Crippen molar-refractivity contribution in [3.63, 3.8) is 0 Å². The molecule has 0 N–H and O–H groups in total. The molecule has 2 fully saturated rings. The lowest BCUT2D eigenvalue weighted by Crippen LogP contribution is -2.26. The monoisotopic (exact) mass is 206 g/mol. The molecule has 2 aliphatic rings. The second kappa shape index (κ2) is 4.72. The molecule has 0 spiro atoms. The van der Waals surface area contributed by atoms with Crippen molar-refractivity contribution in [2.45, 2.75) is 64.7 Å². The van der Waals surface area contributed by atoms with Crippen molar-refractivity contribution in [2.24, 2.45) is 17.3 Å². The highest BCUT2D eigenvalue weighted by molar-refractivity contribution is 5.01. The van der Waals surface area contributed by atoms with E-state index in [9.17, 15) is 0 Å². The molecule has 86 valence electrons. The lowest BCUT2D eigenvalue weighted by Gasteiger charge is -2.36. The van der Waals surface area contributed by atoms with Crippen LogP contribution in [0.2, 0.25) is 0 Å². The van der Waals surface area contributed by atoms with Crippen molar-refractivity contribution >= 4 is 0 Å². The van der Waals surface area contributed by atoms with E-state index < -0.39 is 0 Å². The molecule has 2 aliphatic carbocycles. The molecule has 0 aromatic rings. The fourth-order valence-electron chi connectivity index (χ4n) is 3.84. The molecule has 0 nitrogen and oxygen atoms in total. The lowest BCUT2D eigenvalue weighted by molar-refractivity contribution is 0.198. The Labute approximate surface area is 95.1 Å². The minimum atomic E-state index is 0.529. The van der Waals surface area contributed by atoms with Gasteiger partial charge in [-0.25, -0.2) is 0 Å². The fraction of sp³-hybridized carbons (Fsp3) is 0.867. The number of hydrogen-bond acceptors (Lipinski definition) is 0. The Morgan fingerprint density at radius 1 is 1.00 bits per heavy atom. The van der Waals surface area contributed by atoms with E-state index in [-0.39, 0.29) is 0 Å². The Morgan fingerprint density at radius 2 is 1.73 bits per heavy atom. The van der Waals surface area contributed by atoms with Gasteiger partial charge in [-0.15, -0.1) is 6.58 Å². The van der Waals surface area contributed by atoms with Crippen LogP contribution in [-0.2, 0) is 0 Å². The van der Waals surface area contributed by atoms with Crippen LogP contribution in [-0.4, -0.2) is 0 Å². The van der Waals surface area contributed by atoms with E-state index in [1.807, 2.05) is 0 Å². The highest BCUT2D eigenvalue weighted by Crippen LogP contribution is 2.49. The van der Waals surface area contributed by atoms with Crippen molar-refractivity contribution in [2.75, 3.05) is 0 Å². The van der Waals surface area contributed by atoms with Gasteiger partial charge in [-0.2, -0.15) is 0 Å². The van der Waals surface area contributed by atoms with Gasteiger partial charge in [0.2, 0.25) is 0 Å². The van der Waals surface area contributed by atoms with Crippen LogP contribution in [0.4, 0.5) is 0 Å². The van der Waals surface area contributed by atoms with Crippen LogP contribution in [0.1, 0.15) is 64.7 Å². The molecule has 0 heteroatoms. The normalized spacial score (nSPS) is 38.9. The fourth-order valence-corrected chi connectivity index (χ4v) is 3.84. The summed E-state index contributed by atoms with van der Waals surface area (Å²) >= 11 is 0. The summed E-state index contributed by atoms with van der Waals surface area (Å²) in [6.07, 6.45) is 15.4. The topological polar surface area (TPSA) is 0 Å². The summed E-state index contributed by atoms with van der Waals surface area (Å²) in [4.78, 5) is 0. The maximum absolute atomic E-state index is 4.17. The molecule has 0 bridgehead atoms. The van der Waals surface area contributed by atoms with E-state index in [1.165, 1.54) is 57.8 Å². The molecular weight excluding hydrogens is 180 g/mol. The van der Waals surface area contributed by atoms with Gasteiger partial charge in [0.25, 0.3) is 0 Å². The summed E-state index contributed by atoms with van der Waals surface area (Å²) in [6.45, 7) is 6.59. The van der Waals surface area contributed by atoms with Crippen LogP contribution in [0.5, 0.6) is 0 Å². The molecule has 15 heavy (non-hydrogen) atoms. The Balaban J connectivity index is 2.08. The third-order valence-corrected chi connectivity index (χ3v) is 5.02. The standard InChI is InChI=1S/C15H26/c1-3-15(14-8-4-5-9-14)11-6-7-13(2)10-12-15/h3,13-14H,1,4-12H2,2H3/t13?,15-/m1/s1. The van der Waals surface area contributed by atoms with Gasteiger partial charge in [0.1, 0.15) is 0 Å². The zero-order valence-electron chi connectivity index (χ0n) is 10.3. The van der Waals surface area contributed by atoms with Crippen LogP contribution >= 0.6 is 0 Å². The van der Waals surface area contributed by atoms with Gasteiger partial charge in [-0.3, -0.25) is 0 Å². The van der Waals surface area contributed by atoms with Crippen molar-refractivity contribution in [3.8, 4) is 0 Å². The summed E-state index contributed by atoms with van der Waals surface area (Å²) in [6, 6.07) is 0. The average molecular weight is 206 g/mol. The van der Waals surface area contributed by atoms with Crippen molar-refractivity contribution in [1.29, 1.82) is 0 Å². The van der Waals surface area contributed by atoms with Gasteiger partial charge in [0.05, 0.1) is 0 Å². The first kappa shape index (κ1) is 11.2. The molecule has 1 unspecified atom stereocenters. The first-order valence-electron chi connectivity index (χ1n) is 6.90. The van der Waals surface area contributed by atoms with Crippen molar-refractivity contribution in [3.05, 3.63) is 12.7 Å². The van der Waals surface area contributed by atoms with Crippen molar-refractivity contribution < 1.29 is 0 Å². The van der Waals surface area contributed by atoms with Gasteiger partial charge in [0.15, 0.2) is 0 Å². The summed E-state index contributed by atoms with van der Waals surface area (Å²) in [5.74, 6) is 1.92. The summed E-state index contributed by atoms with van der Waals surface area (Å²) in [5.41, 5.74) is 0.529. The van der Waals surface area contributed by atoms with Crippen LogP contribution in [0, 0.1) is 17.3 Å². The predicted octanol–water partition coefficient (Wildman–Crippen LogP) is 4.95. The Kier molecular flexibility index (Phi) is 3.53. The minimum Gasteiger partial charge on any atom is -0.103 e. The minimum absolute atomic E-state index is 0.529. The van der Waals surface area contributed by atoms with Gasteiger partial charge >= 0.3 is 0 Å². The SMILES string of the molecule is C=C[C@@]1(C2CCCC2)CCCC(C)CC1. The number of hydrogen-bond donors (Lipinski definition) is 0. The largest absolute Gasteiger partial charge is 0.103 e. The first-order chi connectivity index (χ1) is 7.27. The van der Waals surface area contributed by atoms with E-state index in [0.717, 1.165) is 11.8 Å². The van der Waals surface area contributed by atoms with E-state index in [0.29, 0.717) is 5.41 Å². The average Bonchev–Trinajstić information content (AvgIpc) is 2.71. The second-order valence-electron chi connectivity index (χ2n) is 5.95. The third kappa shape index (κ3) is 2.29. The van der Waals surface area contributed by atoms with E-state index >= 15 is 0 Å². The molecule has 2 saturated carbocycles. The molecule has 0 saturated heterocycles. The molecular formula is C15H26. The molecule has 0 aliphatic heterocycles. The van der Waals surface area contributed by atoms with Crippen LogP contribution in [0.25, 0.3) is 0 Å². The first-order valence-corrected chi connectivity index (χ1v) is 6.90. The number of allylic oxidation sites excluding steroid dienone is 1. The quantitative estimate of drug-likeness (QED) is 0.443. The van der Waals surface area contributed by atoms with Gasteiger partial charge < -0.3 is 0 Å². The molecule has 2 atom stereocenters. The summed E-state index contributed by atoms with van der Waals surface area (Å²) in [5, 5.41) is 0. The molecule has 0 aromatic carbocycles. The molecule has 0 radical (unpaired) electrons. The third-order valence-electron chi connectivity index (χ3n) is 5.02. The maximum atomic E-state index is 4.17.